The lowest BCUT2D eigenvalue weighted by Gasteiger charge is -2.39. The van der Waals surface area contributed by atoms with Gasteiger partial charge in [-0.3, -0.25) is 0 Å². The number of azo groups is 1. The van der Waals surface area contributed by atoms with Crippen molar-refractivity contribution in [1.29, 1.82) is 10.5 Å². The van der Waals surface area contributed by atoms with Gasteiger partial charge in [0.1, 0.15) is 17.0 Å². The number of aliphatic hydroxyl groups excluding tert-OH is 1. The smallest absolute Gasteiger partial charge is 0.158 e. The van der Waals surface area contributed by atoms with E-state index >= 15 is 0 Å². The zero-order chi connectivity index (χ0) is 28.1. The highest BCUT2D eigenvalue weighted by molar-refractivity contribution is 7.16. The molecule has 9 heteroatoms. The van der Waals surface area contributed by atoms with Crippen molar-refractivity contribution in [2.45, 2.75) is 78.5 Å². The van der Waals surface area contributed by atoms with Crippen LogP contribution in [0.3, 0.4) is 0 Å². The average Bonchev–Trinajstić information content (AvgIpc) is 3.21. The summed E-state index contributed by atoms with van der Waals surface area (Å²) in [6, 6.07) is 10.8. The Balaban J connectivity index is 2.31. The highest BCUT2D eigenvalue weighted by Gasteiger charge is 2.24. The van der Waals surface area contributed by atoms with Crippen LogP contribution in [-0.4, -0.2) is 43.1 Å². The maximum atomic E-state index is 9.49. The molecule has 0 bridgehead atoms. The third-order valence-corrected chi connectivity index (χ3v) is 7.65. The molecule has 0 aliphatic rings. The van der Waals surface area contributed by atoms with Crippen LogP contribution in [0.4, 0.5) is 16.4 Å². The fourth-order valence-electron chi connectivity index (χ4n) is 4.32. The van der Waals surface area contributed by atoms with E-state index in [4.69, 9.17) is 14.6 Å². The third-order valence-electron chi connectivity index (χ3n) is 6.57. The van der Waals surface area contributed by atoms with Gasteiger partial charge in [0, 0.05) is 37.4 Å². The molecule has 8 nitrogen and oxygen atoms in total. The molecule has 1 heterocycles. The summed E-state index contributed by atoms with van der Waals surface area (Å²) in [7, 11) is 0. The van der Waals surface area contributed by atoms with Gasteiger partial charge in [0.2, 0.25) is 0 Å². The largest absolute Gasteiger partial charge is 0.502 e. The van der Waals surface area contributed by atoms with Crippen LogP contribution >= 0.6 is 11.3 Å². The van der Waals surface area contributed by atoms with Crippen LogP contribution in [-0.2, 0) is 9.47 Å². The number of benzene rings is 1. The first kappa shape index (κ1) is 31.0. The Morgan fingerprint density at radius 3 is 2.50 bits per heavy atom. The molecule has 2 rings (SSSR count). The van der Waals surface area contributed by atoms with E-state index in [2.05, 4.69) is 59.8 Å². The molecule has 3 unspecified atom stereocenters. The maximum Gasteiger partial charge on any atom is 0.158 e. The molecule has 0 radical (unpaired) electrons. The van der Waals surface area contributed by atoms with E-state index in [0.717, 1.165) is 30.5 Å². The van der Waals surface area contributed by atoms with Gasteiger partial charge >= 0.3 is 0 Å². The highest BCUT2D eigenvalue weighted by Crippen LogP contribution is 2.36. The molecule has 0 fully saturated rings. The average molecular weight is 538 g/mol. The Labute approximate surface area is 230 Å². The summed E-state index contributed by atoms with van der Waals surface area (Å²) < 4.78 is 11.4. The molecule has 1 aromatic carbocycles. The number of nitriles is 2. The quantitative estimate of drug-likeness (QED) is 0.137. The van der Waals surface area contributed by atoms with E-state index in [1.807, 2.05) is 19.9 Å². The zero-order valence-electron chi connectivity index (χ0n) is 23.1. The van der Waals surface area contributed by atoms with Crippen LogP contribution < -0.4 is 4.90 Å². The summed E-state index contributed by atoms with van der Waals surface area (Å²) in [6.45, 7) is 15.1. The molecule has 0 amide bonds. The minimum atomic E-state index is 0.0224. The standard InChI is InChI=1S/C29H39N5O3S/c1-7-24(13-16-37-22(5)11-14-35)34(21(4)12-15-36-8-2)25-9-10-27(20(3)17-25)32-33-29-26(18-30)23(6)28(19-31)38-29/h8-10,17,21-22,24,35H,2,7,11-16H2,1,3-6H3/b33-32+. The third kappa shape index (κ3) is 8.39. The Kier molecular flexibility index (Phi) is 12.9. The number of nitrogens with zero attached hydrogens (tertiary/aromatic N) is 5. The van der Waals surface area contributed by atoms with E-state index in [1.165, 1.54) is 17.6 Å². The predicted molar refractivity (Wildman–Crippen MR) is 152 cm³/mol. The molecule has 2 aromatic rings. The van der Waals surface area contributed by atoms with Gasteiger partial charge in [-0.15, -0.1) is 21.6 Å². The highest BCUT2D eigenvalue weighted by atomic mass is 32.1. The summed E-state index contributed by atoms with van der Waals surface area (Å²) in [5.74, 6) is 0. The van der Waals surface area contributed by atoms with Crippen molar-refractivity contribution in [3.8, 4) is 12.1 Å². The molecule has 0 saturated heterocycles. The minimum absolute atomic E-state index is 0.0224. The number of aryl methyl sites for hydroxylation is 1. The lowest BCUT2D eigenvalue weighted by molar-refractivity contribution is 0.0432. The van der Waals surface area contributed by atoms with Crippen molar-refractivity contribution >= 4 is 27.7 Å². The van der Waals surface area contributed by atoms with Crippen molar-refractivity contribution in [2.75, 3.05) is 24.7 Å². The fraction of sp³-hybridized carbons (Fsp3) is 0.517. The summed E-state index contributed by atoms with van der Waals surface area (Å²) in [4.78, 5) is 2.91. The number of rotatable bonds is 16. The second-order valence-electron chi connectivity index (χ2n) is 9.26. The zero-order valence-corrected chi connectivity index (χ0v) is 23.9. The van der Waals surface area contributed by atoms with Gasteiger partial charge in [-0.2, -0.15) is 10.5 Å². The van der Waals surface area contributed by atoms with E-state index in [0.29, 0.717) is 46.3 Å². The molecule has 3 atom stereocenters. The number of ether oxygens (including phenoxy) is 2. The van der Waals surface area contributed by atoms with Gasteiger partial charge < -0.3 is 19.5 Å². The topological polar surface area (TPSA) is 114 Å². The summed E-state index contributed by atoms with van der Waals surface area (Å²) in [6.07, 6.45) is 4.76. The van der Waals surface area contributed by atoms with Gasteiger partial charge in [0.05, 0.1) is 30.2 Å². The van der Waals surface area contributed by atoms with Gasteiger partial charge in [-0.05, 0) is 76.3 Å². The van der Waals surface area contributed by atoms with Crippen LogP contribution in [0, 0.1) is 36.5 Å². The molecular weight excluding hydrogens is 498 g/mol. The van der Waals surface area contributed by atoms with Crippen LogP contribution in [0.2, 0.25) is 0 Å². The first-order valence-corrected chi connectivity index (χ1v) is 13.8. The van der Waals surface area contributed by atoms with Crippen molar-refractivity contribution in [3.63, 3.8) is 0 Å². The van der Waals surface area contributed by atoms with Crippen LogP contribution in [0.5, 0.6) is 0 Å². The van der Waals surface area contributed by atoms with Gasteiger partial charge in [-0.25, -0.2) is 0 Å². The van der Waals surface area contributed by atoms with E-state index in [-0.39, 0.29) is 24.8 Å². The Morgan fingerprint density at radius 1 is 1.13 bits per heavy atom. The Morgan fingerprint density at radius 2 is 1.89 bits per heavy atom. The minimum Gasteiger partial charge on any atom is -0.502 e. The molecule has 1 N–H and O–H groups in total. The van der Waals surface area contributed by atoms with Gasteiger partial charge in [0.15, 0.2) is 5.00 Å². The summed E-state index contributed by atoms with van der Waals surface area (Å²) in [5, 5.41) is 37.1. The first-order chi connectivity index (χ1) is 18.3. The normalized spacial score (nSPS) is 13.5. The van der Waals surface area contributed by atoms with Crippen molar-refractivity contribution in [1.82, 2.24) is 0 Å². The molecule has 204 valence electrons. The lowest BCUT2D eigenvalue weighted by atomic mass is 10.0. The molecule has 0 aliphatic heterocycles. The number of thiophene rings is 1. The van der Waals surface area contributed by atoms with Gasteiger partial charge in [0.25, 0.3) is 0 Å². The molecule has 0 aliphatic carbocycles. The number of hydrogen-bond acceptors (Lipinski definition) is 9. The number of anilines is 1. The van der Waals surface area contributed by atoms with Crippen LogP contribution in [0.1, 0.15) is 68.0 Å². The van der Waals surface area contributed by atoms with Crippen molar-refractivity contribution in [2.24, 2.45) is 10.2 Å². The molecule has 0 spiro atoms. The predicted octanol–water partition coefficient (Wildman–Crippen LogP) is 7.23. The number of hydrogen-bond donors (Lipinski definition) is 1. The summed E-state index contributed by atoms with van der Waals surface area (Å²) in [5.41, 5.74) is 3.79. The second-order valence-corrected chi connectivity index (χ2v) is 10.3. The molecular formula is C29H39N5O3S. The lowest BCUT2D eigenvalue weighted by Crippen LogP contribution is -2.43. The van der Waals surface area contributed by atoms with E-state index in [1.54, 1.807) is 6.92 Å². The Hall–Kier alpha value is -3.24. The fourth-order valence-corrected chi connectivity index (χ4v) is 5.19. The van der Waals surface area contributed by atoms with Gasteiger partial charge in [-0.1, -0.05) is 13.5 Å². The maximum absolute atomic E-state index is 9.49. The van der Waals surface area contributed by atoms with Crippen molar-refractivity contribution in [3.05, 3.63) is 52.6 Å². The number of aliphatic hydroxyl groups is 1. The van der Waals surface area contributed by atoms with Crippen LogP contribution in [0.15, 0.2) is 41.3 Å². The molecule has 0 saturated carbocycles. The van der Waals surface area contributed by atoms with Crippen molar-refractivity contribution < 1.29 is 14.6 Å². The summed E-state index contributed by atoms with van der Waals surface area (Å²) >= 11 is 1.18. The SMILES string of the molecule is C=COCCC(C)N(c1ccc(/N=N/c2sc(C#N)c(C)c2C#N)c(C)c1)C(CC)CCOC(C)CCO. The van der Waals surface area contributed by atoms with Crippen LogP contribution in [0.25, 0.3) is 0 Å². The monoisotopic (exact) mass is 537 g/mol. The molecule has 1 aromatic heterocycles. The molecule has 38 heavy (non-hydrogen) atoms. The second kappa shape index (κ2) is 15.9. The van der Waals surface area contributed by atoms with E-state index in [9.17, 15) is 10.5 Å². The first-order valence-electron chi connectivity index (χ1n) is 13.0. The van der Waals surface area contributed by atoms with E-state index < -0.39 is 0 Å². The Bertz CT molecular complexity index is 1160.